The van der Waals surface area contributed by atoms with Crippen LogP contribution < -0.4 is 0 Å². The van der Waals surface area contributed by atoms with Crippen molar-refractivity contribution in [1.29, 1.82) is 0 Å². The van der Waals surface area contributed by atoms with Gasteiger partial charge < -0.3 is 9.16 Å². The summed E-state index contributed by atoms with van der Waals surface area (Å²) < 4.78 is 12.1. The van der Waals surface area contributed by atoms with Gasteiger partial charge in [0.25, 0.3) is 0 Å². The van der Waals surface area contributed by atoms with Crippen LogP contribution >= 0.6 is 0 Å². The van der Waals surface area contributed by atoms with Crippen LogP contribution in [-0.4, -0.2) is 27.0 Å². The maximum absolute atomic E-state index is 12.6. The predicted octanol–water partition coefficient (Wildman–Crippen LogP) is 4.32. The molecule has 0 aromatic carbocycles. The van der Waals surface area contributed by atoms with E-state index >= 15 is 0 Å². The van der Waals surface area contributed by atoms with E-state index in [2.05, 4.69) is 52.6 Å². The monoisotopic (exact) mass is 334 g/mol. The van der Waals surface area contributed by atoms with E-state index in [4.69, 9.17) is 9.16 Å². The molecule has 23 heavy (non-hydrogen) atoms. The quantitative estimate of drug-likeness (QED) is 0.436. The summed E-state index contributed by atoms with van der Waals surface area (Å²) >= 11 is 0. The standard InChI is InChI=1S/C19H30O3Si/c1-7-15(22-23(5,6)18(2,3)4)16-17(20)21-12-19(16)11-13-8-9-14(19)10-13/h7-9,13-16H,1,10-12H2,2-6H3/t13-,14+,15+,16+,19+/m1/s1. The zero-order valence-electron chi connectivity index (χ0n) is 15.1. The van der Waals surface area contributed by atoms with Crippen LogP contribution in [0.2, 0.25) is 18.1 Å². The summed E-state index contributed by atoms with van der Waals surface area (Å²) in [4.78, 5) is 12.6. The van der Waals surface area contributed by atoms with Crippen molar-refractivity contribution in [2.45, 2.75) is 57.8 Å². The summed E-state index contributed by atoms with van der Waals surface area (Å²) in [5, 5.41) is 0.110. The molecule has 0 aromatic rings. The summed E-state index contributed by atoms with van der Waals surface area (Å²) in [7, 11) is -1.97. The number of allylic oxidation sites excluding steroid dienone is 2. The molecule has 0 unspecified atom stereocenters. The van der Waals surface area contributed by atoms with Crippen molar-refractivity contribution < 1.29 is 14.0 Å². The maximum Gasteiger partial charge on any atom is 0.312 e. The van der Waals surface area contributed by atoms with Gasteiger partial charge in [-0.05, 0) is 42.8 Å². The molecule has 5 atom stereocenters. The van der Waals surface area contributed by atoms with Crippen LogP contribution in [0.15, 0.2) is 24.8 Å². The minimum Gasteiger partial charge on any atom is -0.465 e. The lowest BCUT2D eigenvalue weighted by molar-refractivity contribution is -0.143. The average Bonchev–Trinajstić information content (AvgIpc) is 3.11. The molecule has 2 fully saturated rings. The Morgan fingerprint density at radius 1 is 1.43 bits per heavy atom. The third kappa shape index (κ3) is 2.54. The molecule has 3 aliphatic rings. The van der Waals surface area contributed by atoms with Crippen LogP contribution in [0.5, 0.6) is 0 Å². The van der Waals surface area contributed by atoms with Gasteiger partial charge in [0.15, 0.2) is 8.32 Å². The van der Waals surface area contributed by atoms with Gasteiger partial charge in [0.1, 0.15) is 0 Å². The molecule has 1 aliphatic heterocycles. The minimum atomic E-state index is -1.97. The number of carbonyl (C=O) groups excluding carboxylic acids is 1. The van der Waals surface area contributed by atoms with Crippen molar-refractivity contribution in [2.75, 3.05) is 6.61 Å². The Bertz CT molecular complexity index is 545. The molecule has 1 saturated carbocycles. The van der Waals surface area contributed by atoms with Gasteiger partial charge in [0.05, 0.1) is 18.6 Å². The fraction of sp³-hybridized carbons (Fsp3) is 0.737. The van der Waals surface area contributed by atoms with Crippen LogP contribution in [0, 0.1) is 23.2 Å². The molecule has 0 aromatic heterocycles. The minimum absolute atomic E-state index is 0.0717. The van der Waals surface area contributed by atoms with E-state index in [1.807, 2.05) is 6.08 Å². The fourth-order valence-electron chi connectivity index (χ4n) is 4.37. The number of rotatable bonds is 4. The van der Waals surface area contributed by atoms with Gasteiger partial charge in [-0.25, -0.2) is 0 Å². The first-order valence-corrected chi connectivity index (χ1v) is 11.7. The zero-order chi connectivity index (χ0) is 17.0. The lowest BCUT2D eigenvalue weighted by Crippen LogP contribution is -2.49. The number of fused-ring (bicyclic) bond motifs is 3. The SMILES string of the molecule is C=C[C@H](O[Si](C)(C)C(C)(C)C)[C@H]1C(=O)OC[C@]12C[C@@H]1C=C[C@H]2C1. The van der Waals surface area contributed by atoms with Crippen molar-refractivity contribution in [1.82, 2.24) is 0 Å². The van der Waals surface area contributed by atoms with E-state index < -0.39 is 8.32 Å². The molecule has 1 spiro atoms. The summed E-state index contributed by atoms with van der Waals surface area (Å²) in [6.45, 7) is 15.7. The Labute approximate surface area is 141 Å². The first-order chi connectivity index (χ1) is 10.6. The van der Waals surface area contributed by atoms with Gasteiger partial charge in [-0.2, -0.15) is 0 Å². The van der Waals surface area contributed by atoms with E-state index in [1.165, 1.54) is 0 Å². The molecule has 2 aliphatic carbocycles. The average molecular weight is 335 g/mol. The van der Waals surface area contributed by atoms with Crippen LogP contribution in [0.4, 0.5) is 0 Å². The maximum atomic E-state index is 12.6. The van der Waals surface area contributed by atoms with E-state index in [0.717, 1.165) is 12.8 Å². The molecule has 2 bridgehead atoms. The molecule has 1 saturated heterocycles. The molecule has 0 radical (unpaired) electrons. The van der Waals surface area contributed by atoms with E-state index in [9.17, 15) is 4.79 Å². The third-order valence-electron chi connectivity index (χ3n) is 6.71. The Kier molecular flexibility index (Phi) is 3.92. The van der Waals surface area contributed by atoms with Crippen LogP contribution in [0.1, 0.15) is 33.6 Å². The van der Waals surface area contributed by atoms with Gasteiger partial charge in [-0.15, -0.1) is 6.58 Å². The summed E-state index contributed by atoms with van der Waals surface area (Å²) in [6.07, 6.45) is 8.43. The molecule has 3 nitrogen and oxygen atoms in total. The number of hydrogen-bond acceptors (Lipinski definition) is 3. The Balaban J connectivity index is 1.89. The second-order valence-electron chi connectivity index (χ2n) is 9.09. The van der Waals surface area contributed by atoms with Crippen molar-refractivity contribution in [3.8, 4) is 0 Å². The normalized spacial score (nSPS) is 37.4. The Morgan fingerprint density at radius 3 is 2.61 bits per heavy atom. The lowest BCUT2D eigenvalue weighted by atomic mass is 9.66. The van der Waals surface area contributed by atoms with E-state index in [1.54, 1.807) is 0 Å². The fourth-order valence-corrected chi connectivity index (χ4v) is 5.63. The van der Waals surface area contributed by atoms with E-state index in [0.29, 0.717) is 18.4 Å². The molecule has 3 rings (SSSR count). The molecule has 128 valence electrons. The molecular formula is C19H30O3Si. The van der Waals surface area contributed by atoms with Crippen LogP contribution in [-0.2, 0) is 14.0 Å². The van der Waals surface area contributed by atoms with Gasteiger partial charge >= 0.3 is 5.97 Å². The van der Waals surface area contributed by atoms with Crippen LogP contribution in [0.25, 0.3) is 0 Å². The summed E-state index contributed by atoms with van der Waals surface area (Å²) in [6, 6.07) is 0. The highest BCUT2D eigenvalue weighted by atomic mass is 28.4. The highest BCUT2D eigenvalue weighted by Gasteiger charge is 2.62. The second kappa shape index (κ2) is 5.32. The summed E-state index contributed by atoms with van der Waals surface area (Å²) in [5.74, 6) is 0.772. The number of hydrogen-bond donors (Lipinski definition) is 0. The summed E-state index contributed by atoms with van der Waals surface area (Å²) in [5.41, 5.74) is -0.0717. The molecule has 4 heteroatoms. The van der Waals surface area contributed by atoms with Gasteiger partial charge in [-0.1, -0.05) is 39.0 Å². The topological polar surface area (TPSA) is 35.5 Å². The van der Waals surface area contributed by atoms with E-state index in [-0.39, 0.29) is 28.4 Å². The predicted molar refractivity (Wildman–Crippen MR) is 94.5 cm³/mol. The Morgan fingerprint density at radius 2 is 2.13 bits per heavy atom. The van der Waals surface area contributed by atoms with Crippen LogP contribution in [0.3, 0.4) is 0 Å². The zero-order valence-corrected chi connectivity index (χ0v) is 16.1. The number of ether oxygens (including phenoxy) is 1. The van der Waals surface area contributed by atoms with Crippen molar-refractivity contribution in [3.05, 3.63) is 24.8 Å². The van der Waals surface area contributed by atoms with Crippen molar-refractivity contribution in [2.24, 2.45) is 23.2 Å². The van der Waals surface area contributed by atoms with Crippen molar-refractivity contribution >= 4 is 14.3 Å². The van der Waals surface area contributed by atoms with Gasteiger partial charge in [-0.3, -0.25) is 4.79 Å². The molecular weight excluding hydrogens is 304 g/mol. The smallest absolute Gasteiger partial charge is 0.312 e. The second-order valence-corrected chi connectivity index (χ2v) is 13.8. The van der Waals surface area contributed by atoms with Gasteiger partial charge in [0.2, 0.25) is 0 Å². The highest BCUT2D eigenvalue weighted by Crippen LogP contribution is 2.60. The first kappa shape index (κ1) is 17.0. The molecule has 0 N–H and O–H groups in total. The molecule has 0 amide bonds. The molecule has 1 heterocycles. The largest absolute Gasteiger partial charge is 0.465 e. The van der Waals surface area contributed by atoms with Gasteiger partial charge in [0, 0.05) is 5.41 Å². The number of esters is 1. The Hall–Kier alpha value is -0.873. The lowest BCUT2D eigenvalue weighted by Gasteiger charge is -2.43. The first-order valence-electron chi connectivity index (χ1n) is 8.76. The van der Waals surface area contributed by atoms with Crippen molar-refractivity contribution in [3.63, 3.8) is 0 Å². The number of carbonyl (C=O) groups is 1. The third-order valence-corrected chi connectivity index (χ3v) is 11.2. The highest BCUT2D eigenvalue weighted by molar-refractivity contribution is 6.74. The number of cyclic esters (lactones) is 1.